The molecule has 134 valence electrons. The number of aromatic nitrogens is 3. The van der Waals surface area contributed by atoms with Crippen molar-refractivity contribution < 1.29 is 4.74 Å². The number of methoxy groups -OCH3 is 1. The number of ether oxygens (including phenoxy) is 1. The molecular formula is C19H19BrN4OS. The normalized spacial score (nSPS) is 12.8. The highest BCUT2D eigenvalue weighted by molar-refractivity contribution is 8.93. The van der Waals surface area contributed by atoms with Gasteiger partial charge in [-0.1, -0.05) is 36.0 Å². The van der Waals surface area contributed by atoms with Crippen LogP contribution in [0.2, 0.25) is 0 Å². The maximum absolute atomic E-state index is 5.46. The van der Waals surface area contributed by atoms with Gasteiger partial charge >= 0.3 is 0 Å². The number of halogens is 1. The summed E-state index contributed by atoms with van der Waals surface area (Å²) in [7, 11) is 1.66. The third-order valence-corrected chi connectivity index (χ3v) is 5.29. The molecule has 3 aromatic rings. The van der Waals surface area contributed by atoms with Crippen molar-refractivity contribution in [2.24, 2.45) is 5.10 Å². The van der Waals surface area contributed by atoms with Crippen molar-refractivity contribution in [3.63, 3.8) is 0 Å². The molecule has 0 spiro atoms. The van der Waals surface area contributed by atoms with Gasteiger partial charge in [-0.25, -0.2) is 0 Å². The molecular weight excluding hydrogens is 412 g/mol. The molecule has 0 saturated carbocycles. The van der Waals surface area contributed by atoms with E-state index < -0.39 is 0 Å². The van der Waals surface area contributed by atoms with Gasteiger partial charge in [0.2, 0.25) is 5.16 Å². The fourth-order valence-electron chi connectivity index (χ4n) is 2.79. The summed E-state index contributed by atoms with van der Waals surface area (Å²) in [6.07, 6.45) is 0. The Morgan fingerprint density at radius 3 is 2.62 bits per heavy atom. The molecule has 7 heteroatoms. The summed E-state index contributed by atoms with van der Waals surface area (Å²) in [5.41, 5.74) is 5.60. The first-order chi connectivity index (χ1) is 12.2. The smallest absolute Gasteiger partial charge is 0.212 e. The molecule has 5 nitrogen and oxygen atoms in total. The van der Waals surface area contributed by atoms with Gasteiger partial charge in [0.1, 0.15) is 5.75 Å². The molecule has 0 amide bonds. The quantitative estimate of drug-likeness (QED) is 0.613. The van der Waals surface area contributed by atoms with E-state index in [1.54, 1.807) is 18.9 Å². The Morgan fingerprint density at radius 1 is 1.04 bits per heavy atom. The van der Waals surface area contributed by atoms with Crippen LogP contribution in [0.4, 0.5) is 0 Å². The van der Waals surface area contributed by atoms with Crippen molar-refractivity contribution in [1.82, 2.24) is 14.9 Å². The van der Waals surface area contributed by atoms with Crippen LogP contribution in [0, 0.1) is 13.8 Å². The van der Waals surface area contributed by atoms with E-state index in [0.717, 1.165) is 33.5 Å². The fourth-order valence-corrected chi connectivity index (χ4v) is 3.63. The van der Waals surface area contributed by atoms with E-state index >= 15 is 0 Å². The van der Waals surface area contributed by atoms with Gasteiger partial charge in [0, 0.05) is 5.75 Å². The molecule has 0 aliphatic carbocycles. The standard InChI is InChI=1S/C19H18N4OS.BrH/c1-12-8-9-14(10-13(12)2)16-11-25-19-21-20-18(23(19)22-16)15-6-4-5-7-17(15)24-3;/h4-10H,11H2,1-3H3;1H. The van der Waals surface area contributed by atoms with Crippen molar-refractivity contribution in [3.05, 3.63) is 59.2 Å². The zero-order valence-electron chi connectivity index (χ0n) is 14.8. The highest BCUT2D eigenvalue weighted by Gasteiger charge is 2.22. The van der Waals surface area contributed by atoms with E-state index in [1.165, 1.54) is 11.1 Å². The van der Waals surface area contributed by atoms with Crippen LogP contribution in [-0.2, 0) is 0 Å². The molecule has 0 radical (unpaired) electrons. The Labute approximate surface area is 167 Å². The Morgan fingerprint density at radius 2 is 1.85 bits per heavy atom. The average molecular weight is 431 g/mol. The number of thioether (sulfide) groups is 1. The molecule has 1 aromatic heterocycles. The number of aryl methyl sites for hydroxylation is 2. The number of hydrogen-bond acceptors (Lipinski definition) is 5. The summed E-state index contributed by atoms with van der Waals surface area (Å²) in [6, 6.07) is 14.2. The molecule has 1 aliphatic heterocycles. The SMILES string of the molecule is Br.COc1ccccc1-c1nnc2n1N=C(c1ccc(C)c(C)c1)CS2. The molecule has 2 aromatic carbocycles. The summed E-state index contributed by atoms with van der Waals surface area (Å²) in [5, 5.41) is 14.3. The average Bonchev–Trinajstić information content (AvgIpc) is 3.07. The number of hydrogen-bond donors (Lipinski definition) is 0. The van der Waals surface area contributed by atoms with Crippen LogP contribution in [0.15, 0.2) is 52.7 Å². The number of benzene rings is 2. The third-order valence-electron chi connectivity index (χ3n) is 4.36. The number of fused-ring (bicyclic) bond motifs is 1. The lowest BCUT2D eigenvalue weighted by Gasteiger charge is -2.15. The van der Waals surface area contributed by atoms with E-state index in [4.69, 9.17) is 9.84 Å². The summed E-state index contributed by atoms with van der Waals surface area (Å²) >= 11 is 1.65. The fraction of sp³-hybridized carbons (Fsp3) is 0.211. The molecule has 1 aliphatic rings. The zero-order valence-corrected chi connectivity index (χ0v) is 17.3. The minimum absolute atomic E-state index is 0. The number of rotatable bonds is 3. The molecule has 2 heterocycles. The molecule has 0 atom stereocenters. The first kappa shape index (κ1) is 18.7. The van der Waals surface area contributed by atoms with Crippen molar-refractivity contribution in [2.75, 3.05) is 12.9 Å². The largest absolute Gasteiger partial charge is 0.496 e. The van der Waals surface area contributed by atoms with Crippen molar-refractivity contribution in [1.29, 1.82) is 0 Å². The maximum atomic E-state index is 5.46. The molecule has 0 unspecified atom stereocenters. The lowest BCUT2D eigenvalue weighted by molar-refractivity contribution is 0.416. The lowest BCUT2D eigenvalue weighted by atomic mass is 10.0. The van der Waals surface area contributed by atoms with E-state index in [0.29, 0.717) is 5.82 Å². The van der Waals surface area contributed by atoms with Crippen LogP contribution >= 0.6 is 28.7 Å². The van der Waals surface area contributed by atoms with Gasteiger partial charge in [0.25, 0.3) is 0 Å². The molecule has 0 fully saturated rings. The summed E-state index contributed by atoms with van der Waals surface area (Å²) in [5.74, 6) is 2.24. The van der Waals surface area contributed by atoms with Gasteiger partial charge in [-0.15, -0.1) is 27.2 Å². The van der Waals surface area contributed by atoms with E-state index in [1.807, 2.05) is 28.9 Å². The Bertz CT molecular complexity index is 983. The number of nitrogens with zero attached hydrogens (tertiary/aromatic N) is 4. The van der Waals surface area contributed by atoms with E-state index in [2.05, 4.69) is 42.2 Å². The third kappa shape index (κ3) is 3.29. The second kappa shape index (κ2) is 7.63. The topological polar surface area (TPSA) is 52.3 Å². The van der Waals surface area contributed by atoms with E-state index in [9.17, 15) is 0 Å². The van der Waals surface area contributed by atoms with Crippen LogP contribution in [0.5, 0.6) is 5.75 Å². The van der Waals surface area contributed by atoms with Gasteiger partial charge < -0.3 is 4.74 Å². The first-order valence-corrected chi connectivity index (χ1v) is 9.03. The Kier molecular flexibility index (Phi) is 5.48. The predicted octanol–water partition coefficient (Wildman–Crippen LogP) is 4.51. The molecule has 26 heavy (non-hydrogen) atoms. The van der Waals surface area contributed by atoms with Crippen LogP contribution in [0.25, 0.3) is 11.4 Å². The molecule has 0 bridgehead atoms. The monoisotopic (exact) mass is 430 g/mol. The second-order valence-electron chi connectivity index (χ2n) is 5.95. The molecule has 0 N–H and O–H groups in total. The zero-order chi connectivity index (χ0) is 17.4. The van der Waals surface area contributed by atoms with Gasteiger partial charge in [-0.2, -0.15) is 9.78 Å². The maximum Gasteiger partial charge on any atom is 0.212 e. The predicted molar refractivity (Wildman–Crippen MR) is 111 cm³/mol. The van der Waals surface area contributed by atoms with Crippen molar-refractivity contribution in [3.8, 4) is 17.1 Å². The minimum Gasteiger partial charge on any atom is -0.496 e. The van der Waals surface area contributed by atoms with Gasteiger partial charge in [0.05, 0.1) is 18.4 Å². The highest BCUT2D eigenvalue weighted by Crippen LogP contribution is 2.33. The van der Waals surface area contributed by atoms with Gasteiger partial charge in [0.15, 0.2) is 5.82 Å². The van der Waals surface area contributed by atoms with Crippen LogP contribution in [0.3, 0.4) is 0 Å². The van der Waals surface area contributed by atoms with Crippen molar-refractivity contribution >= 4 is 34.5 Å². The summed E-state index contributed by atoms with van der Waals surface area (Å²) in [6.45, 7) is 4.24. The van der Waals surface area contributed by atoms with Crippen LogP contribution in [0.1, 0.15) is 16.7 Å². The van der Waals surface area contributed by atoms with E-state index in [-0.39, 0.29) is 17.0 Å². The van der Waals surface area contributed by atoms with Crippen LogP contribution in [-0.4, -0.2) is 33.4 Å². The lowest BCUT2D eigenvalue weighted by Crippen LogP contribution is -2.14. The molecule has 4 rings (SSSR count). The Hall–Kier alpha value is -2.12. The minimum atomic E-state index is 0. The van der Waals surface area contributed by atoms with Crippen LogP contribution < -0.4 is 4.74 Å². The van der Waals surface area contributed by atoms with Gasteiger partial charge in [-0.05, 0) is 48.7 Å². The van der Waals surface area contributed by atoms with Crippen molar-refractivity contribution in [2.45, 2.75) is 19.0 Å². The molecule has 0 saturated heterocycles. The van der Waals surface area contributed by atoms with Gasteiger partial charge in [-0.3, -0.25) is 0 Å². The summed E-state index contributed by atoms with van der Waals surface area (Å²) < 4.78 is 7.28. The first-order valence-electron chi connectivity index (χ1n) is 8.04. The number of para-hydroxylation sites is 1. The Balaban J connectivity index is 0.00000196. The highest BCUT2D eigenvalue weighted by atomic mass is 79.9. The second-order valence-corrected chi connectivity index (χ2v) is 6.90. The summed E-state index contributed by atoms with van der Waals surface area (Å²) in [4.78, 5) is 0.